The van der Waals surface area contributed by atoms with Crippen LogP contribution >= 0.6 is 23.1 Å². The third kappa shape index (κ3) is 2.43. The Balaban J connectivity index is 1.89. The Labute approximate surface area is 133 Å². The first-order valence-electron chi connectivity index (χ1n) is 7.79. The van der Waals surface area contributed by atoms with Crippen molar-refractivity contribution in [1.82, 2.24) is 9.97 Å². The molecule has 2 aromatic heterocycles. The summed E-state index contributed by atoms with van der Waals surface area (Å²) in [5, 5.41) is 3.32. The first-order chi connectivity index (χ1) is 10.4. The van der Waals surface area contributed by atoms with Gasteiger partial charge in [0.1, 0.15) is 0 Å². The lowest BCUT2D eigenvalue weighted by Gasteiger charge is -2.26. The standard InChI is InChI=1S/C15H20N4S2/c1-20-15-17-12-10-4-2-3-5-11(10)21-13(12)14(18-15)19-8-6-16-7-9-19/h16H,2-9H2,1H3/p+1. The molecule has 4 nitrogen and oxygen atoms in total. The lowest BCUT2D eigenvalue weighted by molar-refractivity contribution is -0.655. The molecule has 0 aromatic carbocycles. The van der Waals surface area contributed by atoms with Crippen LogP contribution in [-0.4, -0.2) is 42.4 Å². The van der Waals surface area contributed by atoms with Crippen LogP contribution in [0.25, 0.3) is 10.2 Å². The van der Waals surface area contributed by atoms with E-state index in [1.54, 1.807) is 16.6 Å². The van der Waals surface area contributed by atoms with Crippen molar-refractivity contribution in [3.8, 4) is 0 Å². The van der Waals surface area contributed by atoms with Crippen molar-refractivity contribution in [2.24, 2.45) is 0 Å². The fourth-order valence-corrected chi connectivity index (χ4v) is 5.06. The van der Waals surface area contributed by atoms with Gasteiger partial charge in [-0.1, -0.05) is 11.8 Å². The first kappa shape index (κ1) is 13.8. The first-order valence-corrected chi connectivity index (χ1v) is 9.84. The zero-order valence-electron chi connectivity index (χ0n) is 12.4. The van der Waals surface area contributed by atoms with Crippen LogP contribution in [0.3, 0.4) is 0 Å². The third-order valence-corrected chi connectivity index (χ3v) is 6.27. The monoisotopic (exact) mass is 321 g/mol. The van der Waals surface area contributed by atoms with Crippen LogP contribution in [-0.2, 0) is 12.8 Å². The molecule has 0 saturated carbocycles. The van der Waals surface area contributed by atoms with Gasteiger partial charge in [0, 0.05) is 4.88 Å². The van der Waals surface area contributed by atoms with Gasteiger partial charge in [0.2, 0.25) is 0 Å². The van der Waals surface area contributed by atoms with E-state index in [0.717, 1.165) is 18.2 Å². The second-order valence-electron chi connectivity index (χ2n) is 5.78. The second-order valence-corrected chi connectivity index (χ2v) is 7.65. The largest absolute Gasteiger partial charge is 0.344 e. The summed E-state index contributed by atoms with van der Waals surface area (Å²) in [5.41, 5.74) is 2.77. The van der Waals surface area contributed by atoms with Crippen LogP contribution < -0.4 is 10.2 Å². The van der Waals surface area contributed by atoms with E-state index in [4.69, 9.17) is 9.97 Å². The summed E-state index contributed by atoms with van der Waals surface area (Å²) in [7, 11) is 0. The van der Waals surface area contributed by atoms with Gasteiger partial charge >= 0.3 is 0 Å². The van der Waals surface area contributed by atoms with E-state index < -0.39 is 0 Å². The van der Waals surface area contributed by atoms with Crippen molar-refractivity contribution in [2.75, 3.05) is 37.3 Å². The number of hydrogen-bond acceptors (Lipinski definition) is 5. The molecule has 0 atom stereocenters. The molecule has 112 valence electrons. The van der Waals surface area contributed by atoms with Gasteiger partial charge in [-0.25, -0.2) is 9.97 Å². The molecule has 0 spiro atoms. The molecule has 2 aliphatic rings. The molecule has 21 heavy (non-hydrogen) atoms. The van der Waals surface area contributed by atoms with Gasteiger partial charge in [-0.05, 0) is 37.5 Å². The summed E-state index contributed by atoms with van der Waals surface area (Å²) in [4.78, 5) is 13.7. The minimum absolute atomic E-state index is 0.929. The highest BCUT2D eigenvalue weighted by molar-refractivity contribution is 7.98. The van der Waals surface area contributed by atoms with E-state index in [9.17, 15) is 0 Å². The summed E-state index contributed by atoms with van der Waals surface area (Å²) in [5.74, 6) is 1.19. The van der Waals surface area contributed by atoms with Crippen molar-refractivity contribution in [3.05, 3.63) is 10.4 Å². The molecule has 3 heterocycles. The van der Waals surface area contributed by atoms with Gasteiger partial charge in [-0.2, -0.15) is 0 Å². The molecule has 6 heteroatoms. The van der Waals surface area contributed by atoms with Crippen LogP contribution in [0.1, 0.15) is 23.3 Å². The number of quaternary nitrogens is 1. The molecule has 1 fully saturated rings. The van der Waals surface area contributed by atoms with E-state index in [0.29, 0.717) is 0 Å². The summed E-state index contributed by atoms with van der Waals surface area (Å²) >= 11 is 3.62. The van der Waals surface area contributed by atoms with E-state index in [1.807, 2.05) is 11.3 Å². The maximum Gasteiger partial charge on any atom is 0.189 e. The molecule has 2 aromatic rings. The van der Waals surface area contributed by atoms with Crippen molar-refractivity contribution in [1.29, 1.82) is 0 Å². The summed E-state index contributed by atoms with van der Waals surface area (Å²) in [6.45, 7) is 4.54. The number of hydrogen-bond donors (Lipinski definition) is 1. The number of thioether (sulfide) groups is 1. The lowest BCUT2D eigenvalue weighted by atomic mass is 9.98. The van der Waals surface area contributed by atoms with Crippen molar-refractivity contribution < 1.29 is 5.32 Å². The predicted octanol–water partition coefficient (Wildman–Crippen LogP) is 1.68. The number of anilines is 1. The van der Waals surface area contributed by atoms with Crippen molar-refractivity contribution in [2.45, 2.75) is 30.8 Å². The number of nitrogens with two attached hydrogens (primary N) is 1. The molecule has 0 bridgehead atoms. The van der Waals surface area contributed by atoms with E-state index in [-0.39, 0.29) is 0 Å². The molecule has 2 N–H and O–H groups in total. The second kappa shape index (κ2) is 5.74. The van der Waals surface area contributed by atoms with Gasteiger partial charge in [0.05, 0.1) is 36.4 Å². The number of nitrogens with zero attached hydrogens (tertiary/aromatic N) is 3. The lowest BCUT2D eigenvalue weighted by Crippen LogP contribution is -2.89. The number of rotatable bonds is 2. The minimum atomic E-state index is 0.929. The Morgan fingerprint density at radius 1 is 1.14 bits per heavy atom. The quantitative estimate of drug-likeness (QED) is 0.675. The maximum absolute atomic E-state index is 4.86. The Morgan fingerprint density at radius 3 is 2.76 bits per heavy atom. The topological polar surface area (TPSA) is 45.6 Å². The number of aromatic nitrogens is 2. The van der Waals surface area contributed by atoms with Crippen LogP contribution in [0.4, 0.5) is 5.82 Å². The molecule has 1 aliphatic heterocycles. The molecule has 1 aliphatic carbocycles. The number of piperazine rings is 1. The van der Waals surface area contributed by atoms with Gasteiger partial charge in [-0.15, -0.1) is 11.3 Å². The molecule has 1 saturated heterocycles. The fraction of sp³-hybridized carbons (Fsp3) is 0.600. The smallest absolute Gasteiger partial charge is 0.189 e. The van der Waals surface area contributed by atoms with Crippen molar-refractivity contribution >= 4 is 39.1 Å². The SMILES string of the molecule is CSc1nc(N2CC[NH2+]CC2)c2sc3c(c2n1)CCCC3. The Bertz CT molecular complexity index is 661. The van der Waals surface area contributed by atoms with Gasteiger partial charge < -0.3 is 10.2 Å². The fourth-order valence-electron chi connectivity index (χ4n) is 3.35. The highest BCUT2D eigenvalue weighted by Crippen LogP contribution is 2.40. The van der Waals surface area contributed by atoms with Crippen molar-refractivity contribution in [3.63, 3.8) is 0 Å². The van der Waals surface area contributed by atoms with Crippen LogP contribution in [0.5, 0.6) is 0 Å². The average molecular weight is 321 g/mol. The predicted molar refractivity (Wildman–Crippen MR) is 89.7 cm³/mol. The highest BCUT2D eigenvalue weighted by Gasteiger charge is 2.24. The molecule has 0 unspecified atom stereocenters. The average Bonchev–Trinajstić information content (AvgIpc) is 2.93. The van der Waals surface area contributed by atoms with Crippen LogP contribution in [0, 0.1) is 0 Å². The summed E-state index contributed by atoms with van der Waals surface area (Å²) in [6, 6.07) is 0. The third-order valence-electron chi connectivity index (χ3n) is 4.44. The van der Waals surface area contributed by atoms with E-state index >= 15 is 0 Å². The molecule has 4 rings (SSSR count). The van der Waals surface area contributed by atoms with Gasteiger partial charge in [0.15, 0.2) is 11.0 Å². The molecule has 0 radical (unpaired) electrons. The Hall–Kier alpha value is -0.850. The highest BCUT2D eigenvalue weighted by atomic mass is 32.2. The number of fused-ring (bicyclic) bond motifs is 3. The summed E-state index contributed by atoms with van der Waals surface area (Å²) < 4.78 is 1.33. The Morgan fingerprint density at radius 2 is 1.95 bits per heavy atom. The zero-order valence-corrected chi connectivity index (χ0v) is 14.0. The van der Waals surface area contributed by atoms with Gasteiger partial charge in [-0.3, -0.25) is 0 Å². The number of aryl methyl sites for hydroxylation is 2. The number of thiophene rings is 1. The Kier molecular flexibility index (Phi) is 3.77. The normalized spacial score (nSPS) is 19.0. The van der Waals surface area contributed by atoms with Crippen LogP contribution in [0.2, 0.25) is 0 Å². The van der Waals surface area contributed by atoms with E-state index in [1.165, 1.54) is 60.4 Å². The van der Waals surface area contributed by atoms with E-state index in [2.05, 4.69) is 16.5 Å². The zero-order chi connectivity index (χ0) is 14.2. The maximum atomic E-state index is 4.86. The summed E-state index contributed by atoms with van der Waals surface area (Å²) in [6.07, 6.45) is 7.15. The van der Waals surface area contributed by atoms with Crippen LogP contribution in [0.15, 0.2) is 5.16 Å². The molecule has 0 amide bonds. The molecular weight excluding hydrogens is 300 g/mol. The van der Waals surface area contributed by atoms with Gasteiger partial charge in [0.25, 0.3) is 0 Å². The molecular formula is C15H21N4S2+. The minimum Gasteiger partial charge on any atom is -0.344 e.